The second kappa shape index (κ2) is 7.75. The molecular formula is C15H19F2N3O3. The summed E-state index contributed by atoms with van der Waals surface area (Å²) in [7, 11) is 0. The zero-order valence-electron chi connectivity index (χ0n) is 12.9. The summed E-state index contributed by atoms with van der Waals surface area (Å²) < 4.78 is 28.1. The number of ketones is 1. The van der Waals surface area contributed by atoms with Gasteiger partial charge in [-0.15, -0.1) is 0 Å². The molecular weight excluding hydrogens is 308 g/mol. The Hall–Kier alpha value is -2.38. The van der Waals surface area contributed by atoms with Crippen LogP contribution in [0, 0.1) is 11.8 Å². The number of carbonyl (C=O) groups is 3. The minimum absolute atomic E-state index is 0.160. The van der Waals surface area contributed by atoms with Gasteiger partial charge in [-0.1, -0.05) is 13.8 Å². The number of amides is 2. The molecule has 3 N–H and O–H groups in total. The van der Waals surface area contributed by atoms with Crippen molar-refractivity contribution in [3.8, 4) is 0 Å². The van der Waals surface area contributed by atoms with E-state index in [-0.39, 0.29) is 6.54 Å². The largest absolute Gasteiger partial charge is 0.381 e. The first-order valence-electron chi connectivity index (χ1n) is 7.04. The predicted octanol–water partition coefficient (Wildman–Crippen LogP) is 1.05. The normalized spacial score (nSPS) is 12.7. The van der Waals surface area contributed by atoms with Crippen LogP contribution >= 0.6 is 0 Å². The number of alkyl halides is 2. The van der Waals surface area contributed by atoms with E-state index in [4.69, 9.17) is 5.73 Å². The number of primary amides is 1. The summed E-state index contributed by atoms with van der Waals surface area (Å²) in [6.45, 7) is 2.86. The van der Waals surface area contributed by atoms with Crippen molar-refractivity contribution in [3.63, 3.8) is 0 Å². The van der Waals surface area contributed by atoms with Crippen LogP contribution in [0.5, 0.6) is 0 Å². The molecule has 1 atom stereocenters. The lowest BCUT2D eigenvalue weighted by molar-refractivity contribution is -0.162. The fourth-order valence-corrected chi connectivity index (χ4v) is 1.99. The number of carbonyl (C=O) groups excluding carboxylic acids is 3. The van der Waals surface area contributed by atoms with Gasteiger partial charge in [-0.25, -0.2) is 0 Å². The Kier molecular flexibility index (Phi) is 6.29. The molecule has 0 bridgehead atoms. The van der Waals surface area contributed by atoms with Crippen LogP contribution in [-0.4, -0.2) is 28.5 Å². The van der Waals surface area contributed by atoms with E-state index in [0.717, 1.165) is 0 Å². The number of halogens is 2. The van der Waals surface area contributed by atoms with Gasteiger partial charge in [0.25, 0.3) is 5.91 Å². The number of nitrogens with zero attached hydrogens (tertiary/aromatic N) is 1. The number of aromatic nitrogens is 1. The number of Topliss-reactive ketones (excluding diaryl/α,β-unsaturated/α-hetero) is 1. The molecule has 0 spiro atoms. The van der Waals surface area contributed by atoms with Crippen molar-refractivity contribution in [2.24, 2.45) is 17.6 Å². The number of pyridine rings is 1. The van der Waals surface area contributed by atoms with Gasteiger partial charge in [-0.3, -0.25) is 19.4 Å². The van der Waals surface area contributed by atoms with Crippen LogP contribution in [0.15, 0.2) is 24.5 Å². The van der Waals surface area contributed by atoms with E-state index in [0.29, 0.717) is 5.56 Å². The van der Waals surface area contributed by atoms with Crippen molar-refractivity contribution < 1.29 is 23.2 Å². The fraction of sp³-hybridized carbons (Fsp3) is 0.467. The third kappa shape index (κ3) is 5.08. The van der Waals surface area contributed by atoms with Crippen molar-refractivity contribution in [3.05, 3.63) is 30.1 Å². The predicted molar refractivity (Wildman–Crippen MR) is 78.2 cm³/mol. The Balaban J connectivity index is 2.79. The lowest BCUT2D eigenvalue weighted by Crippen LogP contribution is -2.49. The smallest absolute Gasteiger partial charge is 0.370 e. The summed E-state index contributed by atoms with van der Waals surface area (Å²) >= 11 is 0. The SMILES string of the molecule is CC(C)C(CC(N)=O)C(=O)C(F)(F)C(=O)NCc1ccncc1. The first-order chi connectivity index (χ1) is 10.7. The van der Waals surface area contributed by atoms with E-state index in [1.54, 1.807) is 12.1 Å². The highest BCUT2D eigenvalue weighted by Gasteiger charge is 2.50. The summed E-state index contributed by atoms with van der Waals surface area (Å²) in [5, 5.41) is 2.01. The standard InChI is InChI=1S/C15H19F2N3O3/c1-9(2)11(7-12(18)21)13(22)15(16,17)14(23)20-8-10-3-5-19-6-4-10/h3-6,9,11H,7-8H2,1-2H3,(H2,18,21)(H,20,23). The Morgan fingerprint density at radius 3 is 2.30 bits per heavy atom. The van der Waals surface area contributed by atoms with Crippen molar-refractivity contribution in [1.29, 1.82) is 0 Å². The molecule has 1 heterocycles. The summed E-state index contributed by atoms with van der Waals surface area (Å²) in [4.78, 5) is 38.4. The van der Waals surface area contributed by atoms with E-state index < -0.39 is 41.8 Å². The molecule has 23 heavy (non-hydrogen) atoms. The topological polar surface area (TPSA) is 102 Å². The number of hydrogen-bond acceptors (Lipinski definition) is 4. The second-order valence-electron chi connectivity index (χ2n) is 5.50. The van der Waals surface area contributed by atoms with Crippen LogP contribution in [0.1, 0.15) is 25.8 Å². The number of nitrogens with one attached hydrogen (secondary N) is 1. The summed E-state index contributed by atoms with van der Waals surface area (Å²) in [5.41, 5.74) is 5.54. The molecule has 1 aromatic rings. The first-order valence-corrected chi connectivity index (χ1v) is 7.04. The molecule has 0 aliphatic rings. The Bertz CT molecular complexity index is 577. The highest BCUT2D eigenvalue weighted by atomic mass is 19.3. The van der Waals surface area contributed by atoms with Gasteiger partial charge in [0.15, 0.2) is 0 Å². The molecule has 0 aromatic carbocycles. The van der Waals surface area contributed by atoms with Gasteiger partial charge >= 0.3 is 5.92 Å². The van der Waals surface area contributed by atoms with Gasteiger partial charge in [0.1, 0.15) is 0 Å². The van der Waals surface area contributed by atoms with E-state index >= 15 is 0 Å². The maximum absolute atomic E-state index is 14.0. The molecule has 0 aliphatic carbocycles. The minimum Gasteiger partial charge on any atom is -0.370 e. The van der Waals surface area contributed by atoms with Crippen molar-refractivity contribution in [2.45, 2.75) is 32.7 Å². The highest BCUT2D eigenvalue weighted by Crippen LogP contribution is 2.27. The van der Waals surface area contributed by atoms with Crippen molar-refractivity contribution in [2.75, 3.05) is 0 Å². The lowest BCUT2D eigenvalue weighted by atomic mass is 9.85. The maximum Gasteiger partial charge on any atom is 0.381 e. The third-order valence-corrected chi connectivity index (χ3v) is 3.36. The van der Waals surface area contributed by atoms with Gasteiger partial charge < -0.3 is 11.1 Å². The van der Waals surface area contributed by atoms with Gasteiger partial charge in [0, 0.05) is 31.3 Å². The van der Waals surface area contributed by atoms with Crippen molar-refractivity contribution >= 4 is 17.6 Å². The van der Waals surface area contributed by atoms with Crippen LogP contribution in [0.4, 0.5) is 8.78 Å². The molecule has 1 rings (SSSR count). The average Bonchev–Trinajstić information content (AvgIpc) is 2.50. The number of hydrogen-bond donors (Lipinski definition) is 2. The lowest BCUT2D eigenvalue weighted by Gasteiger charge is -2.23. The van der Waals surface area contributed by atoms with Gasteiger partial charge in [0.2, 0.25) is 11.7 Å². The van der Waals surface area contributed by atoms with Gasteiger partial charge in [-0.05, 0) is 23.6 Å². The molecule has 1 unspecified atom stereocenters. The molecule has 1 aromatic heterocycles. The van der Waals surface area contributed by atoms with E-state index in [9.17, 15) is 23.2 Å². The van der Waals surface area contributed by atoms with E-state index in [2.05, 4.69) is 4.98 Å². The van der Waals surface area contributed by atoms with Crippen LogP contribution in [0.3, 0.4) is 0 Å². The Morgan fingerprint density at radius 2 is 1.83 bits per heavy atom. The highest BCUT2D eigenvalue weighted by molar-refractivity contribution is 6.09. The van der Waals surface area contributed by atoms with Crippen LogP contribution < -0.4 is 11.1 Å². The summed E-state index contributed by atoms with van der Waals surface area (Å²) in [6, 6.07) is 3.09. The number of rotatable bonds is 8. The van der Waals surface area contributed by atoms with Gasteiger partial charge in [0.05, 0.1) is 0 Å². The molecule has 0 saturated heterocycles. The number of nitrogens with two attached hydrogens (primary N) is 1. The van der Waals surface area contributed by atoms with Crippen LogP contribution in [0.25, 0.3) is 0 Å². The van der Waals surface area contributed by atoms with Crippen LogP contribution in [0.2, 0.25) is 0 Å². The van der Waals surface area contributed by atoms with Gasteiger partial charge in [-0.2, -0.15) is 8.78 Å². The molecule has 0 radical (unpaired) electrons. The van der Waals surface area contributed by atoms with E-state index in [1.165, 1.54) is 26.2 Å². The third-order valence-electron chi connectivity index (χ3n) is 3.36. The fourth-order valence-electron chi connectivity index (χ4n) is 1.99. The monoisotopic (exact) mass is 327 g/mol. The maximum atomic E-state index is 14.0. The summed E-state index contributed by atoms with van der Waals surface area (Å²) in [5.74, 6) is -10.3. The van der Waals surface area contributed by atoms with E-state index in [1.807, 2.05) is 5.32 Å². The molecule has 126 valence electrons. The first kappa shape index (κ1) is 18.7. The zero-order valence-corrected chi connectivity index (χ0v) is 12.9. The molecule has 0 aliphatic heterocycles. The average molecular weight is 327 g/mol. The minimum atomic E-state index is -4.22. The molecule has 6 nitrogen and oxygen atoms in total. The Morgan fingerprint density at radius 1 is 1.26 bits per heavy atom. The summed E-state index contributed by atoms with van der Waals surface area (Å²) in [6.07, 6.45) is 2.38. The zero-order chi connectivity index (χ0) is 17.6. The molecule has 2 amide bonds. The molecule has 0 fully saturated rings. The Labute approximate surface area is 132 Å². The van der Waals surface area contributed by atoms with Crippen molar-refractivity contribution in [1.82, 2.24) is 10.3 Å². The molecule has 0 saturated carbocycles. The van der Waals surface area contributed by atoms with Crippen LogP contribution in [-0.2, 0) is 20.9 Å². The molecule has 8 heteroatoms. The quantitative estimate of drug-likeness (QED) is 0.697. The second-order valence-corrected chi connectivity index (χ2v) is 5.50.